The summed E-state index contributed by atoms with van der Waals surface area (Å²) in [7, 11) is 0. The summed E-state index contributed by atoms with van der Waals surface area (Å²) >= 11 is 0. The second-order valence-electron chi connectivity index (χ2n) is 6.39. The molecule has 5 heteroatoms. The molecule has 0 N–H and O–H groups in total. The summed E-state index contributed by atoms with van der Waals surface area (Å²) in [5.41, 5.74) is 1.36. The minimum Gasteiger partial charge on any atom is -0.374 e. The topological polar surface area (TPSA) is 43.2 Å². The second kappa shape index (κ2) is 6.71. The third kappa shape index (κ3) is 3.18. The molecule has 1 saturated heterocycles. The maximum absolute atomic E-state index is 5.91. The van der Waals surface area contributed by atoms with Gasteiger partial charge in [0.25, 0.3) is 0 Å². The van der Waals surface area contributed by atoms with Crippen molar-refractivity contribution in [1.29, 1.82) is 0 Å². The first kappa shape index (κ1) is 15.3. The molecule has 3 aromatic rings. The number of aromatic nitrogens is 3. The standard InChI is InChI=1S/C19H22N4O/c1-15(17-7-6-16-4-2-3-5-18(16)10-17)22-8-9-24-19(11-22)12-23-14-20-13-21-23/h2-7,10,13-15,19H,8-9,11-12H2,1H3. The zero-order valence-electron chi connectivity index (χ0n) is 13.9. The Balaban J connectivity index is 1.48. The molecule has 24 heavy (non-hydrogen) atoms. The zero-order valence-corrected chi connectivity index (χ0v) is 13.9. The Hall–Kier alpha value is -2.24. The molecular formula is C19H22N4O. The second-order valence-corrected chi connectivity index (χ2v) is 6.39. The zero-order chi connectivity index (χ0) is 16.4. The molecule has 0 spiro atoms. The van der Waals surface area contributed by atoms with E-state index < -0.39 is 0 Å². The number of morpholine rings is 1. The predicted octanol–water partition coefficient (Wildman–Crippen LogP) is 2.89. The van der Waals surface area contributed by atoms with Crippen molar-refractivity contribution < 1.29 is 4.74 Å². The summed E-state index contributed by atoms with van der Waals surface area (Å²) in [6, 6.07) is 15.7. The lowest BCUT2D eigenvalue weighted by Gasteiger charge is -2.37. The molecule has 0 aliphatic carbocycles. The molecule has 2 heterocycles. The van der Waals surface area contributed by atoms with Crippen LogP contribution in [0.3, 0.4) is 0 Å². The van der Waals surface area contributed by atoms with Crippen molar-refractivity contribution in [3.05, 3.63) is 60.7 Å². The summed E-state index contributed by atoms with van der Waals surface area (Å²) in [6.07, 6.45) is 3.47. The number of ether oxygens (including phenoxy) is 1. The first-order chi connectivity index (χ1) is 11.8. The van der Waals surface area contributed by atoms with E-state index in [9.17, 15) is 0 Å². The van der Waals surface area contributed by atoms with Gasteiger partial charge in [-0.2, -0.15) is 5.10 Å². The molecule has 1 aromatic heterocycles. The minimum atomic E-state index is 0.156. The highest BCUT2D eigenvalue weighted by Crippen LogP contribution is 2.26. The molecule has 1 aliphatic heterocycles. The lowest BCUT2D eigenvalue weighted by Crippen LogP contribution is -2.45. The average Bonchev–Trinajstić information content (AvgIpc) is 3.14. The highest BCUT2D eigenvalue weighted by atomic mass is 16.5. The van der Waals surface area contributed by atoms with Gasteiger partial charge in [-0.05, 0) is 29.3 Å². The van der Waals surface area contributed by atoms with Crippen molar-refractivity contribution in [3.8, 4) is 0 Å². The maximum Gasteiger partial charge on any atom is 0.137 e. The fraction of sp³-hybridized carbons (Fsp3) is 0.368. The van der Waals surface area contributed by atoms with Crippen molar-refractivity contribution in [2.24, 2.45) is 0 Å². The van der Waals surface area contributed by atoms with E-state index in [1.165, 1.54) is 16.3 Å². The van der Waals surface area contributed by atoms with E-state index in [2.05, 4.69) is 64.4 Å². The molecule has 1 aliphatic rings. The van der Waals surface area contributed by atoms with E-state index in [0.29, 0.717) is 6.04 Å². The molecule has 124 valence electrons. The molecule has 4 rings (SSSR count). The summed E-state index contributed by atoms with van der Waals surface area (Å²) in [5.74, 6) is 0. The first-order valence-electron chi connectivity index (χ1n) is 8.46. The molecule has 0 bridgehead atoms. The quantitative estimate of drug-likeness (QED) is 0.741. The van der Waals surface area contributed by atoms with E-state index in [0.717, 1.165) is 26.2 Å². The molecule has 2 unspecified atom stereocenters. The van der Waals surface area contributed by atoms with Crippen LogP contribution in [0.4, 0.5) is 0 Å². The normalized spacial score (nSPS) is 20.3. The molecule has 0 radical (unpaired) electrons. The Morgan fingerprint density at radius 3 is 2.92 bits per heavy atom. The summed E-state index contributed by atoms with van der Waals surface area (Å²) in [6.45, 7) is 5.66. The van der Waals surface area contributed by atoms with Crippen molar-refractivity contribution in [2.45, 2.75) is 25.6 Å². The van der Waals surface area contributed by atoms with Crippen LogP contribution in [0.15, 0.2) is 55.1 Å². The molecule has 2 aromatic carbocycles. The summed E-state index contributed by atoms with van der Waals surface area (Å²) < 4.78 is 7.75. The molecule has 5 nitrogen and oxygen atoms in total. The Morgan fingerprint density at radius 1 is 1.21 bits per heavy atom. The monoisotopic (exact) mass is 322 g/mol. The number of hydrogen-bond donors (Lipinski definition) is 0. The Bertz CT molecular complexity index is 802. The Kier molecular flexibility index (Phi) is 4.28. The van der Waals surface area contributed by atoms with Gasteiger partial charge in [0.05, 0.1) is 19.3 Å². The third-order valence-corrected chi connectivity index (χ3v) is 4.83. The fourth-order valence-corrected chi connectivity index (χ4v) is 3.42. The number of benzene rings is 2. The van der Waals surface area contributed by atoms with Gasteiger partial charge < -0.3 is 4.74 Å². The number of hydrogen-bond acceptors (Lipinski definition) is 4. The van der Waals surface area contributed by atoms with E-state index in [1.807, 2.05) is 4.68 Å². The summed E-state index contributed by atoms with van der Waals surface area (Å²) in [4.78, 5) is 6.50. The Morgan fingerprint density at radius 2 is 2.08 bits per heavy atom. The van der Waals surface area contributed by atoms with Crippen LogP contribution >= 0.6 is 0 Å². The van der Waals surface area contributed by atoms with E-state index >= 15 is 0 Å². The van der Waals surface area contributed by atoms with Gasteiger partial charge in [0.15, 0.2) is 0 Å². The summed E-state index contributed by atoms with van der Waals surface area (Å²) in [5, 5.41) is 6.77. The van der Waals surface area contributed by atoms with Gasteiger partial charge in [0, 0.05) is 19.1 Å². The molecule has 1 fully saturated rings. The minimum absolute atomic E-state index is 0.156. The van der Waals surface area contributed by atoms with Crippen molar-refractivity contribution in [1.82, 2.24) is 19.7 Å². The number of rotatable bonds is 4. The average molecular weight is 322 g/mol. The lowest BCUT2D eigenvalue weighted by molar-refractivity contribution is -0.0497. The van der Waals surface area contributed by atoms with Crippen LogP contribution in [0.1, 0.15) is 18.5 Å². The van der Waals surface area contributed by atoms with Gasteiger partial charge in [-0.3, -0.25) is 9.58 Å². The van der Waals surface area contributed by atoms with Gasteiger partial charge >= 0.3 is 0 Å². The van der Waals surface area contributed by atoms with Crippen LogP contribution in [0.5, 0.6) is 0 Å². The third-order valence-electron chi connectivity index (χ3n) is 4.83. The molecular weight excluding hydrogens is 300 g/mol. The fourth-order valence-electron chi connectivity index (χ4n) is 3.42. The van der Waals surface area contributed by atoms with Crippen LogP contribution in [0.2, 0.25) is 0 Å². The highest BCUT2D eigenvalue weighted by molar-refractivity contribution is 5.83. The van der Waals surface area contributed by atoms with Crippen LogP contribution < -0.4 is 0 Å². The van der Waals surface area contributed by atoms with E-state index in [-0.39, 0.29) is 6.10 Å². The van der Waals surface area contributed by atoms with Crippen LogP contribution in [0, 0.1) is 0 Å². The van der Waals surface area contributed by atoms with Gasteiger partial charge in [0.1, 0.15) is 12.7 Å². The van der Waals surface area contributed by atoms with Crippen molar-refractivity contribution in [2.75, 3.05) is 19.7 Å². The highest BCUT2D eigenvalue weighted by Gasteiger charge is 2.25. The number of nitrogens with zero attached hydrogens (tertiary/aromatic N) is 4. The van der Waals surface area contributed by atoms with Crippen LogP contribution in [0.25, 0.3) is 10.8 Å². The van der Waals surface area contributed by atoms with E-state index in [4.69, 9.17) is 4.74 Å². The molecule has 0 amide bonds. The van der Waals surface area contributed by atoms with Gasteiger partial charge in [-0.15, -0.1) is 0 Å². The Labute approximate surface area is 141 Å². The first-order valence-corrected chi connectivity index (χ1v) is 8.46. The van der Waals surface area contributed by atoms with Gasteiger partial charge in [0.2, 0.25) is 0 Å². The van der Waals surface area contributed by atoms with Crippen molar-refractivity contribution >= 4 is 10.8 Å². The maximum atomic E-state index is 5.91. The largest absolute Gasteiger partial charge is 0.374 e. The smallest absolute Gasteiger partial charge is 0.137 e. The number of fused-ring (bicyclic) bond motifs is 1. The lowest BCUT2D eigenvalue weighted by atomic mass is 10.0. The SMILES string of the molecule is CC(c1ccc2ccccc2c1)N1CCOC(Cn2cncn2)C1. The molecule has 0 saturated carbocycles. The van der Waals surface area contributed by atoms with Crippen LogP contribution in [-0.2, 0) is 11.3 Å². The predicted molar refractivity (Wildman–Crippen MR) is 93.7 cm³/mol. The molecule has 2 atom stereocenters. The van der Waals surface area contributed by atoms with Gasteiger partial charge in [-0.1, -0.05) is 36.4 Å². The van der Waals surface area contributed by atoms with Crippen LogP contribution in [-0.4, -0.2) is 45.5 Å². The van der Waals surface area contributed by atoms with Crippen molar-refractivity contribution in [3.63, 3.8) is 0 Å². The van der Waals surface area contributed by atoms with E-state index in [1.54, 1.807) is 12.7 Å². The van der Waals surface area contributed by atoms with Gasteiger partial charge in [-0.25, -0.2) is 4.98 Å².